The van der Waals surface area contributed by atoms with Gasteiger partial charge in [0.05, 0.1) is 0 Å². The van der Waals surface area contributed by atoms with Gasteiger partial charge >= 0.3 is 5.97 Å². The summed E-state index contributed by atoms with van der Waals surface area (Å²) in [7, 11) is 0. The first-order chi connectivity index (χ1) is 8.42. The van der Waals surface area contributed by atoms with E-state index in [-0.39, 0.29) is 17.6 Å². The van der Waals surface area contributed by atoms with Crippen LogP contribution in [0.3, 0.4) is 0 Å². The van der Waals surface area contributed by atoms with Gasteiger partial charge in [-0.05, 0) is 29.7 Å². The third kappa shape index (κ3) is 2.35. The van der Waals surface area contributed by atoms with Crippen molar-refractivity contribution in [2.45, 2.75) is 13.3 Å². The molecule has 0 aliphatic heterocycles. The van der Waals surface area contributed by atoms with Crippen LogP contribution in [0.4, 0.5) is 0 Å². The molecule has 0 unspecified atom stereocenters. The van der Waals surface area contributed by atoms with Gasteiger partial charge in [-0.15, -0.1) is 0 Å². The summed E-state index contributed by atoms with van der Waals surface area (Å²) in [6, 6.07) is 3.74. The lowest BCUT2D eigenvalue weighted by Crippen LogP contribution is -2.02. The van der Waals surface area contributed by atoms with Gasteiger partial charge in [-0.1, -0.05) is 6.92 Å². The third-order valence-electron chi connectivity index (χ3n) is 2.40. The molecule has 0 fully saturated rings. The van der Waals surface area contributed by atoms with Crippen LogP contribution in [0.2, 0.25) is 0 Å². The summed E-state index contributed by atoms with van der Waals surface area (Å²) in [5, 5.41) is 45.6. The monoisotopic (exact) mass is 249 g/mol. The number of allylic oxidation sites excluding steroid dienone is 1. The molecule has 6 heteroatoms. The van der Waals surface area contributed by atoms with Gasteiger partial charge in [0.15, 0.2) is 17.2 Å². The highest BCUT2D eigenvalue weighted by Gasteiger charge is 2.17. The molecule has 0 bridgehead atoms. The van der Waals surface area contributed by atoms with Gasteiger partial charge < -0.3 is 20.4 Å². The average molecular weight is 249 g/mol. The lowest BCUT2D eigenvalue weighted by molar-refractivity contribution is -0.132. The van der Waals surface area contributed by atoms with E-state index in [4.69, 9.17) is 10.4 Å². The molecule has 0 saturated heterocycles. The molecule has 1 rings (SSSR count). The summed E-state index contributed by atoms with van der Waals surface area (Å²) in [5.41, 5.74) is -0.137. The van der Waals surface area contributed by atoms with Gasteiger partial charge in [-0.3, -0.25) is 0 Å². The molecule has 94 valence electrons. The van der Waals surface area contributed by atoms with Gasteiger partial charge in [-0.25, -0.2) is 4.79 Å². The number of carbonyl (C=O) groups is 1. The number of nitrogens with zero attached hydrogens (tertiary/aromatic N) is 1. The summed E-state index contributed by atoms with van der Waals surface area (Å²) < 4.78 is 0. The van der Waals surface area contributed by atoms with E-state index in [1.165, 1.54) is 0 Å². The number of carboxylic acids is 1. The van der Waals surface area contributed by atoms with Crippen molar-refractivity contribution in [3.05, 3.63) is 23.3 Å². The summed E-state index contributed by atoms with van der Waals surface area (Å²) in [6.45, 7) is 1.64. The number of phenolic OH excluding ortho intramolecular Hbond substituents is 3. The summed E-state index contributed by atoms with van der Waals surface area (Å²) >= 11 is 0. The minimum atomic E-state index is -1.39. The minimum Gasteiger partial charge on any atom is -0.504 e. The maximum Gasteiger partial charge on any atom is 0.346 e. The number of hydrogen-bond donors (Lipinski definition) is 4. The van der Waals surface area contributed by atoms with E-state index >= 15 is 0 Å². The lowest BCUT2D eigenvalue weighted by atomic mass is 9.97. The second-order valence-corrected chi connectivity index (χ2v) is 3.49. The number of rotatable bonds is 3. The van der Waals surface area contributed by atoms with Crippen molar-refractivity contribution >= 4 is 11.5 Å². The molecular formula is C12H11NO5. The molecule has 0 atom stereocenters. The Bertz CT molecular complexity index is 545. The Morgan fingerprint density at radius 3 is 2.11 bits per heavy atom. The van der Waals surface area contributed by atoms with Crippen LogP contribution in [0.5, 0.6) is 17.2 Å². The predicted molar refractivity (Wildman–Crippen MR) is 61.9 cm³/mol. The molecule has 0 saturated carbocycles. The number of hydrogen-bond acceptors (Lipinski definition) is 5. The zero-order valence-electron chi connectivity index (χ0n) is 9.51. The van der Waals surface area contributed by atoms with E-state index in [1.54, 1.807) is 13.0 Å². The molecule has 1 aromatic rings. The molecule has 0 aliphatic carbocycles. The fourth-order valence-corrected chi connectivity index (χ4v) is 1.55. The van der Waals surface area contributed by atoms with Crippen molar-refractivity contribution in [1.82, 2.24) is 0 Å². The van der Waals surface area contributed by atoms with Gasteiger partial charge in [0.2, 0.25) is 0 Å². The van der Waals surface area contributed by atoms with Gasteiger partial charge in [0.25, 0.3) is 0 Å². The predicted octanol–water partition coefficient (Wildman–Crippen LogP) is 1.58. The normalized spacial score (nSPS) is 11.6. The first kappa shape index (κ1) is 13.4. The fraction of sp³-hybridized carbons (Fsp3) is 0.167. The highest BCUT2D eigenvalue weighted by molar-refractivity contribution is 6.00. The van der Waals surface area contributed by atoms with Crippen LogP contribution in [0.15, 0.2) is 17.7 Å². The Kier molecular flexibility index (Phi) is 3.79. The smallest absolute Gasteiger partial charge is 0.346 e. The second kappa shape index (κ2) is 5.10. The Labute approximate surface area is 103 Å². The molecule has 0 radical (unpaired) electrons. The number of nitriles is 1. The zero-order valence-corrected chi connectivity index (χ0v) is 9.51. The molecular weight excluding hydrogens is 238 g/mol. The largest absolute Gasteiger partial charge is 0.504 e. The Morgan fingerprint density at radius 2 is 1.78 bits per heavy atom. The van der Waals surface area contributed by atoms with E-state index in [9.17, 15) is 20.1 Å². The highest BCUT2D eigenvalue weighted by atomic mass is 16.4. The molecule has 18 heavy (non-hydrogen) atoms. The number of benzene rings is 1. The van der Waals surface area contributed by atoms with Crippen LogP contribution < -0.4 is 0 Å². The minimum absolute atomic E-state index is 0.163. The van der Waals surface area contributed by atoms with Crippen molar-refractivity contribution in [2.75, 3.05) is 0 Å². The van der Waals surface area contributed by atoms with E-state index in [0.717, 1.165) is 12.1 Å². The van der Waals surface area contributed by atoms with E-state index < -0.39 is 28.8 Å². The highest BCUT2D eigenvalue weighted by Crippen LogP contribution is 2.38. The molecule has 1 aromatic carbocycles. The maximum atomic E-state index is 10.9. The Balaban J connectivity index is 3.53. The molecule has 0 spiro atoms. The average Bonchev–Trinajstić information content (AvgIpc) is 2.31. The topological polar surface area (TPSA) is 122 Å². The van der Waals surface area contributed by atoms with Crippen LogP contribution in [0.25, 0.3) is 5.57 Å². The summed E-state index contributed by atoms with van der Waals surface area (Å²) in [4.78, 5) is 10.9. The van der Waals surface area contributed by atoms with Crippen LogP contribution in [-0.2, 0) is 4.79 Å². The van der Waals surface area contributed by atoms with Crippen molar-refractivity contribution in [3.8, 4) is 23.3 Å². The quantitative estimate of drug-likeness (QED) is 0.366. The van der Waals surface area contributed by atoms with Gasteiger partial charge in [-0.2, -0.15) is 5.26 Å². The molecule has 0 aromatic heterocycles. The molecule has 0 amide bonds. The first-order valence-electron chi connectivity index (χ1n) is 5.04. The van der Waals surface area contributed by atoms with E-state index in [0.29, 0.717) is 0 Å². The van der Waals surface area contributed by atoms with Crippen molar-refractivity contribution in [3.63, 3.8) is 0 Å². The Morgan fingerprint density at radius 1 is 1.28 bits per heavy atom. The number of aromatic hydroxyl groups is 3. The standard InChI is InChI=1S/C12H11NO5/c1-2-7(8(5-13)12(17)18)6-3-9(14)11(16)10(15)4-6/h3-4,14-16H,2H2,1H3,(H,17,18). The molecule has 0 aliphatic rings. The molecule has 0 heterocycles. The van der Waals surface area contributed by atoms with Crippen molar-refractivity contribution < 1.29 is 25.2 Å². The first-order valence-corrected chi connectivity index (χ1v) is 5.04. The van der Waals surface area contributed by atoms with Gasteiger partial charge in [0, 0.05) is 0 Å². The summed E-state index contributed by atoms with van der Waals surface area (Å²) in [6.07, 6.45) is 0.221. The Hall–Kier alpha value is -2.68. The second-order valence-electron chi connectivity index (χ2n) is 3.49. The van der Waals surface area contributed by atoms with Crippen LogP contribution >= 0.6 is 0 Å². The molecule has 4 N–H and O–H groups in total. The van der Waals surface area contributed by atoms with E-state index in [2.05, 4.69) is 0 Å². The summed E-state index contributed by atoms with van der Waals surface area (Å²) in [5.74, 6) is -3.25. The maximum absolute atomic E-state index is 10.9. The fourth-order valence-electron chi connectivity index (χ4n) is 1.55. The SMILES string of the molecule is CCC(=C(C#N)C(=O)O)c1cc(O)c(O)c(O)c1. The van der Waals surface area contributed by atoms with Crippen LogP contribution in [0.1, 0.15) is 18.9 Å². The van der Waals surface area contributed by atoms with Crippen LogP contribution in [-0.4, -0.2) is 26.4 Å². The molecule has 6 nitrogen and oxygen atoms in total. The van der Waals surface area contributed by atoms with Crippen molar-refractivity contribution in [2.24, 2.45) is 0 Å². The lowest BCUT2D eigenvalue weighted by Gasteiger charge is -2.09. The zero-order chi connectivity index (χ0) is 13.9. The van der Waals surface area contributed by atoms with Crippen molar-refractivity contribution in [1.29, 1.82) is 5.26 Å². The number of carboxylic acid groups (broad SMARTS) is 1. The van der Waals surface area contributed by atoms with Crippen LogP contribution in [0, 0.1) is 11.3 Å². The van der Waals surface area contributed by atoms with Gasteiger partial charge in [0.1, 0.15) is 11.6 Å². The number of phenols is 3. The third-order valence-corrected chi connectivity index (χ3v) is 2.40. The van der Waals surface area contributed by atoms with E-state index in [1.807, 2.05) is 0 Å². The number of aliphatic carboxylic acids is 1.